The average Bonchev–Trinajstić information content (AvgIpc) is 2.29. The third-order valence-corrected chi connectivity index (χ3v) is 6.12. The monoisotopic (exact) mass is 279 g/mol. The minimum absolute atomic E-state index is 0.251. The van der Waals surface area contributed by atoms with Gasteiger partial charge in [-0.05, 0) is 50.3 Å². The molecule has 3 rings (SSSR count). The molecule has 19 heavy (non-hydrogen) atoms. The van der Waals surface area contributed by atoms with Gasteiger partial charge in [0.2, 0.25) is 0 Å². The van der Waals surface area contributed by atoms with Crippen LogP contribution < -0.4 is 10.5 Å². The average molecular weight is 279 g/mol. The standard InChI is InChI=1S/C14H21N3OS/c15-11-4-1-9-14(10-11)19(18,16-12-5-2-6-12)17-13-7-3-8-13/h1,4,9-10,12-13H,2-3,5-8,15H2,(H,16,17,18). The molecule has 1 unspecified atom stereocenters. The van der Waals surface area contributed by atoms with Gasteiger partial charge in [-0.25, -0.2) is 13.3 Å². The Balaban J connectivity index is 1.94. The van der Waals surface area contributed by atoms with Crippen LogP contribution in [0.4, 0.5) is 5.69 Å². The highest BCUT2D eigenvalue weighted by atomic mass is 32.2. The number of nitrogens with two attached hydrogens (primary N) is 1. The molecule has 2 aliphatic rings. The molecule has 0 heterocycles. The summed E-state index contributed by atoms with van der Waals surface area (Å²) in [6.45, 7) is 0. The van der Waals surface area contributed by atoms with E-state index < -0.39 is 9.92 Å². The Kier molecular flexibility index (Phi) is 3.50. The van der Waals surface area contributed by atoms with E-state index in [9.17, 15) is 4.21 Å². The van der Waals surface area contributed by atoms with E-state index in [1.54, 1.807) is 6.07 Å². The van der Waals surface area contributed by atoms with E-state index in [0.29, 0.717) is 11.7 Å². The van der Waals surface area contributed by atoms with Crippen LogP contribution in [0.25, 0.3) is 0 Å². The van der Waals surface area contributed by atoms with Gasteiger partial charge in [-0.1, -0.05) is 12.5 Å². The van der Waals surface area contributed by atoms with Crippen molar-refractivity contribution in [2.75, 3.05) is 5.73 Å². The molecule has 0 radical (unpaired) electrons. The molecule has 2 saturated carbocycles. The largest absolute Gasteiger partial charge is 0.399 e. The van der Waals surface area contributed by atoms with Crippen LogP contribution in [0.3, 0.4) is 0 Å². The van der Waals surface area contributed by atoms with E-state index in [0.717, 1.165) is 30.6 Å². The van der Waals surface area contributed by atoms with Gasteiger partial charge in [0.25, 0.3) is 0 Å². The summed E-state index contributed by atoms with van der Waals surface area (Å²) in [4.78, 5) is 0.728. The molecule has 5 heteroatoms. The summed E-state index contributed by atoms with van der Waals surface area (Å²) in [6.07, 6.45) is 6.73. The second-order valence-corrected chi connectivity index (χ2v) is 7.50. The van der Waals surface area contributed by atoms with E-state index in [1.807, 2.05) is 18.2 Å². The van der Waals surface area contributed by atoms with Gasteiger partial charge in [0.15, 0.2) is 0 Å². The number of hydrogen-bond acceptors (Lipinski definition) is 3. The van der Waals surface area contributed by atoms with Crippen molar-refractivity contribution in [2.45, 2.75) is 55.5 Å². The zero-order valence-corrected chi connectivity index (χ0v) is 11.9. The van der Waals surface area contributed by atoms with Crippen molar-refractivity contribution in [3.05, 3.63) is 24.3 Å². The molecule has 2 fully saturated rings. The minimum Gasteiger partial charge on any atom is -0.399 e. The van der Waals surface area contributed by atoms with E-state index in [-0.39, 0.29) is 6.04 Å². The number of hydrogen-bond donors (Lipinski definition) is 2. The van der Waals surface area contributed by atoms with E-state index in [2.05, 4.69) is 9.08 Å². The lowest BCUT2D eigenvalue weighted by atomic mass is 9.94. The summed E-state index contributed by atoms with van der Waals surface area (Å²) < 4.78 is 21.1. The molecule has 0 aliphatic heterocycles. The van der Waals surface area contributed by atoms with Crippen molar-refractivity contribution in [3.63, 3.8) is 0 Å². The van der Waals surface area contributed by atoms with Crippen molar-refractivity contribution < 1.29 is 4.21 Å². The van der Waals surface area contributed by atoms with Crippen LogP contribution in [0.1, 0.15) is 38.5 Å². The molecule has 2 aliphatic carbocycles. The smallest absolute Gasteiger partial charge is 0.137 e. The maximum atomic E-state index is 13.2. The van der Waals surface area contributed by atoms with Crippen LogP contribution in [-0.2, 0) is 9.92 Å². The fourth-order valence-electron chi connectivity index (χ4n) is 2.30. The maximum absolute atomic E-state index is 13.2. The van der Waals surface area contributed by atoms with Gasteiger partial charge in [0.1, 0.15) is 9.92 Å². The van der Waals surface area contributed by atoms with Crippen molar-refractivity contribution in [2.24, 2.45) is 4.36 Å². The van der Waals surface area contributed by atoms with Crippen LogP contribution in [-0.4, -0.2) is 16.3 Å². The zero-order valence-electron chi connectivity index (χ0n) is 11.0. The number of nitrogens with zero attached hydrogens (tertiary/aromatic N) is 1. The summed E-state index contributed by atoms with van der Waals surface area (Å²) in [7, 11) is -2.52. The summed E-state index contributed by atoms with van der Waals surface area (Å²) in [5.74, 6) is 0. The Hall–Kier alpha value is -1.07. The van der Waals surface area contributed by atoms with Crippen molar-refractivity contribution in [1.29, 1.82) is 0 Å². The van der Waals surface area contributed by atoms with Gasteiger partial charge in [0, 0.05) is 11.7 Å². The molecule has 1 atom stereocenters. The Labute approximate surface area is 115 Å². The lowest BCUT2D eigenvalue weighted by molar-refractivity contribution is 0.385. The Morgan fingerprint density at radius 3 is 2.47 bits per heavy atom. The third-order valence-electron chi connectivity index (χ3n) is 3.98. The molecular weight excluding hydrogens is 258 g/mol. The van der Waals surface area contributed by atoms with Gasteiger partial charge in [-0.15, -0.1) is 0 Å². The van der Waals surface area contributed by atoms with E-state index in [1.165, 1.54) is 12.8 Å². The molecule has 0 saturated heterocycles. The van der Waals surface area contributed by atoms with Crippen LogP contribution >= 0.6 is 0 Å². The van der Waals surface area contributed by atoms with Crippen molar-refractivity contribution in [1.82, 2.24) is 4.72 Å². The van der Waals surface area contributed by atoms with Crippen molar-refractivity contribution >= 4 is 15.6 Å². The normalized spacial score (nSPS) is 23.2. The molecule has 1 aromatic carbocycles. The molecule has 0 bridgehead atoms. The number of nitrogen functional groups attached to an aromatic ring is 1. The molecule has 0 aromatic heterocycles. The van der Waals surface area contributed by atoms with Gasteiger partial charge in [-0.3, -0.25) is 0 Å². The van der Waals surface area contributed by atoms with Crippen LogP contribution in [0, 0.1) is 0 Å². The number of nitrogens with one attached hydrogen (secondary N) is 1. The highest BCUT2D eigenvalue weighted by Crippen LogP contribution is 2.28. The first-order valence-corrected chi connectivity index (χ1v) is 8.56. The van der Waals surface area contributed by atoms with Crippen LogP contribution in [0.15, 0.2) is 33.5 Å². The number of benzene rings is 1. The quantitative estimate of drug-likeness (QED) is 0.832. The summed E-state index contributed by atoms with van der Waals surface area (Å²) >= 11 is 0. The van der Waals surface area contributed by atoms with Crippen LogP contribution in [0.2, 0.25) is 0 Å². The Bertz CT molecular complexity index is 570. The molecule has 3 N–H and O–H groups in total. The first kappa shape index (κ1) is 12.9. The molecule has 0 amide bonds. The summed E-state index contributed by atoms with van der Waals surface area (Å²) in [5, 5.41) is 0. The fourth-order valence-corrected chi connectivity index (χ4v) is 4.50. The van der Waals surface area contributed by atoms with E-state index >= 15 is 0 Å². The summed E-state index contributed by atoms with van der Waals surface area (Å²) in [6, 6.07) is 7.92. The zero-order chi connectivity index (χ0) is 13.3. The second kappa shape index (κ2) is 5.13. The highest BCUT2D eigenvalue weighted by molar-refractivity contribution is 7.91. The van der Waals surface area contributed by atoms with Gasteiger partial charge in [0.05, 0.1) is 10.9 Å². The SMILES string of the molecule is Nc1cccc(S(=O)(=NC2CCC2)NC2CCC2)c1. The first-order valence-electron chi connectivity index (χ1n) is 7.05. The first-order chi connectivity index (χ1) is 9.16. The third kappa shape index (κ3) is 2.77. The lowest BCUT2D eigenvalue weighted by Gasteiger charge is -2.30. The minimum atomic E-state index is -2.52. The predicted molar refractivity (Wildman–Crippen MR) is 78.1 cm³/mol. The van der Waals surface area contributed by atoms with Crippen LogP contribution in [0.5, 0.6) is 0 Å². The topological polar surface area (TPSA) is 67.5 Å². The number of rotatable bonds is 4. The molecule has 1 aromatic rings. The summed E-state index contributed by atoms with van der Waals surface area (Å²) in [5.41, 5.74) is 6.46. The Morgan fingerprint density at radius 1 is 1.21 bits per heavy atom. The molecule has 0 spiro atoms. The van der Waals surface area contributed by atoms with Gasteiger partial charge < -0.3 is 5.73 Å². The van der Waals surface area contributed by atoms with E-state index in [4.69, 9.17) is 5.73 Å². The predicted octanol–water partition coefficient (Wildman–Crippen LogP) is 2.71. The van der Waals surface area contributed by atoms with Gasteiger partial charge >= 0.3 is 0 Å². The molecule has 4 nitrogen and oxygen atoms in total. The molecule has 104 valence electrons. The molecular formula is C14H21N3OS. The van der Waals surface area contributed by atoms with Crippen molar-refractivity contribution in [3.8, 4) is 0 Å². The fraction of sp³-hybridized carbons (Fsp3) is 0.571. The Morgan fingerprint density at radius 2 is 1.95 bits per heavy atom. The van der Waals surface area contributed by atoms with Gasteiger partial charge in [-0.2, -0.15) is 0 Å². The second-order valence-electron chi connectivity index (χ2n) is 5.53. The lowest BCUT2D eigenvalue weighted by Crippen LogP contribution is -2.40. The highest BCUT2D eigenvalue weighted by Gasteiger charge is 2.26. The number of anilines is 1. The maximum Gasteiger partial charge on any atom is 0.137 e.